The van der Waals surface area contributed by atoms with Crippen molar-refractivity contribution < 1.29 is 23.8 Å². The van der Waals surface area contributed by atoms with Gasteiger partial charge in [-0.3, -0.25) is 9.59 Å². The lowest BCUT2D eigenvalue weighted by Gasteiger charge is -2.14. The Morgan fingerprint density at radius 3 is 2.44 bits per heavy atom. The first-order valence-corrected chi connectivity index (χ1v) is 12.2. The number of benzene rings is 3. The van der Waals surface area contributed by atoms with E-state index in [0.717, 1.165) is 22.9 Å². The van der Waals surface area contributed by atoms with Crippen molar-refractivity contribution in [2.75, 3.05) is 7.11 Å². The number of rotatable bonds is 8. The fourth-order valence-corrected chi connectivity index (χ4v) is 4.37. The molecule has 0 bridgehead atoms. The summed E-state index contributed by atoms with van der Waals surface area (Å²) in [6.07, 6.45) is 1.65. The highest BCUT2D eigenvalue weighted by Gasteiger charge is 2.23. The van der Waals surface area contributed by atoms with E-state index in [1.807, 2.05) is 48.5 Å². The van der Waals surface area contributed by atoms with Crippen LogP contribution in [0.2, 0.25) is 5.02 Å². The molecule has 4 rings (SSSR count). The van der Waals surface area contributed by atoms with Gasteiger partial charge in [0.2, 0.25) is 5.91 Å². The summed E-state index contributed by atoms with van der Waals surface area (Å²) in [6.45, 7) is 2.04. The number of hydrogen-bond acceptors (Lipinski definition) is 6. The molecule has 0 radical (unpaired) electrons. The van der Waals surface area contributed by atoms with E-state index >= 15 is 0 Å². The average molecular weight is 523 g/mol. The van der Waals surface area contributed by atoms with Crippen molar-refractivity contribution in [3.63, 3.8) is 0 Å². The third-order valence-corrected chi connectivity index (χ3v) is 6.16. The topological polar surface area (TPSA) is 86.2 Å². The van der Waals surface area contributed by atoms with Crippen molar-refractivity contribution in [2.24, 2.45) is 4.99 Å². The Kier molecular flexibility index (Phi) is 8.30. The molecule has 0 fully saturated rings. The molecule has 36 heavy (non-hydrogen) atoms. The van der Waals surface area contributed by atoms with Crippen LogP contribution in [0.15, 0.2) is 76.6 Å². The van der Waals surface area contributed by atoms with Gasteiger partial charge in [-0.25, -0.2) is 0 Å². The zero-order valence-corrected chi connectivity index (χ0v) is 21.2. The average Bonchev–Trinajstić information content (AvgIpc) is 3.20. The third kappa shape index (κ3) is 6.68. The molecule has 0 spiro atoms. The minimum atomic E-state index is -0.439. The molecule has 0 saturated heterocycles. The molecule has 3 aromatic rings. The van der Waals surface area contributed by atoms with E-state index in [9.17, 15) is 9.59 Å². The van der Waals surface area contributed by atoms with Crippen molar-refractivity contribution in [3.05, 3.63) is 93.3 Å². The van der Waals surface area contributed by atoms with Crippen LogP contribution in [-0.2, 0) is 22.8 Å². The van der Waals surface area contributed by atoms with Gasteiger partial charge in [-0.1, -0.05) is 48.0 Å². The standard InChI is InChI=1S/C27H23ClN2O5S/c1-17(31)29-27-30-26(32)25(36-27)14-20-13-21(28)9-11-22(20)34-16-19-8-10-23(24(12-19)33-2)35-15-18-6-4-3-5-7-18/h3-14H,15-16H2,1-2H3,(H,29,30,31,32)/b25-14+. The largest absolute Gasteiger partial charge is 0.493 e. The number of amides is 2. The van der Waals surface area contributed by atoms with Gasteiger partial charge in [0, 0.05) is 17.5 Å². The minimum absolute atomic E-state index is 0.241. The van der Waals surface area contributed by atoms with Gasteiger partial charge in [0.05, 0.1) is 12.0 Å². The predicted molar refractivity (Wildman–Crippen MR) is 141 cm³/mol. The summed E-state index contributed by atoms with van der Waals surface area (Å²) >= 11 is 7.27. The highest BCUT2D eigenvalue weighted by atomic mass is 35.5. The highest BCUT2D eigenvalue weighted by molar-refractivity contribution is 8.18. The Morgan fingerprint density at radius 2 is 1.69 bits per heavy atom. The molecule has 0 aliphatic carbocycles. The maximum absolute atomic E-state index is 12.3. The molecule has 0 aromatic heterocycles. The number of amidine groups is 1. The van der Waals surface area contributed by atoms with Crippen LogP contribution in [0.1, 0.15) is 23.6 Å². The maximum Gasteiger partial charge on any atom is 0.286 e. The molecule has 1 aliphatic rings. The van der Waals surface area contributed by atoms with Crippen LogP contribution in [0, 0.1) is 0 Å². The molecule has 1 N–H and O–H groups in total. The summed E-state index contributed by atoms with van der Waals surface area (Å²) in [5, 5.41) is 3.26. The van der Waals surface area contributed by atoms with Crippen molar-refractivity contribution in [3.8, 4) is 17.2 Å². The van der Waals surface area contributed by atoms with Crippen LogP contribution in [0.5, 0.6) is 17.2 Å². The number of methoxy groups -OCH3 is 1. The number of carbonyl (C=O) groups is 2. The molecule has 3 aromatic carbocycles. The fourth-order valence-electron chi connectivity index (χ4n) is 3.34. The van der Waals surface area contributed by atoms with Crippen LogP contribution in [-0.4, -0.2) is 24.1 Å². The fraction of sp³-hybridized carbons (Fsp3) is 0.148. The quantitative estimate of drug-likeness (QED) is 0.387. The molecule has 9 heteroatoms. The molecule has 2 amide bonds. The highest BCUT2D eigenvalue weighted by Crippen LogP contribution is 2.33. The van der Waals surface area contributed by atoms with Gasteiger partial charge in [-0.05, 0) is 59.3 Å². The summed E-state index contributed by atoms with van der Waals surface area (Å²) in [5.74, 6) is 1.03. The Balaban J connectivity index is 1.46. The number of carbonyl (C=O) groups excluding carboxylic acids is 2. The second-order valence-corrected chi connectivity index (χ2v) is 9.21. The van der Waals surface area contributed by atoms with Crippen molar-refractivity contribution in [1.29, 1.82) is 0 Å². The van der Waals surface area contributed by atoms with Gasteiger partial charge in [0.15, 0.2) is 16.7 Å². The second-order valence-electron chi connectivity index (χ2n) is 7.74. The second kappa shape index (κ2) is 11.8. The van der Waals surface area contributed by atoms with Gasteiger partial charge < -0.3 is 19.5 Å². The number of nitrogens with zero attached hydrogens (tertiary/aromatic N) is 1. The van der Waals surface area contributed by atoms with Crippen molar-refractivity contribution >= 4 is 46.4 Å². The first-order chi connectivity index (χ1) is 17.4. The first kappa shape index (κ1) is 25.3. The Labute approximate surface area is 218 Å². The molecule has 184 valence electrons. The van der Waals surface area contributed by atoms with Gasteiger partial charge in [-0.2, -0.15) is 4.99 Å². The number of halogens is 1. The Hall–Kier alpha value is -3.75. The number of hydrogen-bond donors (Lipinski definition) is 1. The molecular weight excluding hydrogens is 500 g/mol. The molecule has 0 atom stereocenters. The first-order valence-electron chi connectivity index (χ1n) is 11.0. The molecular formula is C27H23ClN2O5S. The van der Waals surface area contributed by atoms with Crippen LogP contribution in [0.3, 0.4) is 0 Å². The van der Waals surface area contributed by atoms with E-state index in [2.05, 4.69) is 10.3 Å². The molecule has 0 unspecified atom stereocenters. The smallest absolute Gasteiger partial charge is 0.286 e. The summed E-state index contributed by atoms with van der Waals surface area (Å²) in [6, 6.07) is 20.7. The van der Waals surface area contributed by atoms with E-state index in [-0.39, 0.29) is 17.7 Å². The lowest BCUT2D eigenvalue weighted by atomic mass is 10.1. The number of ether oxygens (including phenoxy) is 3. The molecule has 7 nitrogen and oxygen atoms in total. The van der Waals surface area contributed by atoms with Crippen LogP contribution in [0.4, 0.5) is 0 Å². The molecule has 1 aliphatic heterocycles. The van der Waals surface area contributed by atoms with Gasteiger partial charge in [0.1, 0.15) is 19.0 Å². The Bertz CT molecular complexity index is 1340. The lowest BCUT2D eigenvalue weighted by molar-refractivity contribution is -0.117. The van der Waals surface area contributed by atoms with E-state index < -0.39 is 5.91 Å². The normalized spacial score (nSPS) is 13.9. The van der Waals surface area contributed by atoms with E-state index in [1.54, 1.807) is 31.4 Å². The van der Waals surface area contributed by atoms with Crippen molar-refractivity contribution in [2.45, 2.75) is 20.1 Å². The van der Waals surface area contributed by atoms with E-state index in [1.165, 1.54) is 6.92 Å². The van der Waals surface area contributed by atoms with E-state index in [0.29, 0.717) is 39.3 Å². The number of thioether (sulfide) groups is 1. The van der Waals surface area contributed by atoms with Crippen LogP contribution >= 0.6 is 23.4 Å². The third-order valence-electron chi connectivity index (χ3n) is 5.02. The summed E-state index contributed by atoms with van der Waals surface area (Å²) in [7, 11) is 1.59. The monoisotopic (exact) mass is 522 g/mol. The van der Waals surface area contributed by atoms with Gasteiger partial charge >= 0.3 is 0 Å². The molecule has 1 heterocycles. The summed E-state index contributed by atoms with van der Waals surface area (Å²) in [4.78, 5) is 27.7. The zero-order valence-electron chi connectivity index (χ0n) is 19.6. The Morgan fingerprint density at radius 1 is 0.972 bits per heavy atom. The SMILES string of the molecule is COc1cc(COc2ccc(Cl)cc2/C=C2/SC(NC(C)=O)=NC2=O)ccc1OCc1ccccc1. The summed E-state index contributed by atoms with van der Waals surface area (Å²) in [5.41, 5.74) is 2.55. The minimum Gasteiger partial charge on any atom is -0.493 e. The summed E-state index contributed by atoms with van der Waals surface area (Å²) < 4.78 is 17.5. The van der Waals surface area contributed by atoms with Gasteiger partial charge in [-0.15, -0.1) is 0 Å². The van der Waals surface area contributed by atoms with Gasteiger partial charge in [0.25, 0.3) is 5.91 Å². The maximum atomic E-state index is 12.3. The number of aliphatic imine (C=N–C) groups is 1. The zero-order chi connectivity index (χ0) is 25.5. The number of nitrogens with one attached hydrogen (secondary N) is 1. The van der Waals surface area contributed by atoms with Crippen molar-refractivity contribution in [1.82, 2.24) is 5.32 Å². The van der Waals surface area contributed by atoms with E-state index in [4.69, 9.17) is 25.8 Å². The predicted octanol–water partition coefficient (Wildman–Crippen LogP) is 5.61. The van der Waals surface area contributed by atoms with Crippen LogP contribution < -0.4 is 19.5 Å². The van der Waals surface area contributed by atoms with Crippen LogP contribution in [0.25, 0.3) is 6.08 Å². The lowest BCUT2D eigenvalue weighted by Crippen LogP contribution is -2.23. The molecule has 0 saturated carbocycles.